The molecule has 0 aliphatic rings. The smallest absolute Gasteiger partial charge is 0.184 e. The van der Waals surface area contributed by atoms with Gasteiger partial charge in [-0.1, -0.05) is 38.7 Å². The van der Waals surface area contributed by atoms with Gasteiger partial charge in [-0.3, -0.25) is 0 Å². The lowest BCUT2D eigenvalue weighted by Gasteiger charge is -2.25. The molecule has 0 fully saturated rings. The largest absolute Gasteiger partial charge is 0.414 e. The van der Waals surface area contributed by atoms with Gasteiger partial charge in [-0.05, 0) is 32.5 Å². The number of unbranched alkanes of at least 4 members (excludes halogenated alkanes) is 3. The molecule has 0 radical (unpaired) electrons. The minimum Gasteiger partial charge on any atom is -0.414 e. The molecule has 1 atom stereocenters. The summed E-state index contributed by atoms with van der Waals surface area (Å²) in [5, 5.41) is 0. The predicted octanol–water partition coefficient (Wildman–Crippen LogP) is 4.75. The Balaban J connectivity index is 3.78. The zero-order chi connectivity index (χ0) is 11.7. The van der Waals surface area contributed by atoms with Gasteiger partial charge in [-0.15, -0.1) is 6.58 Å². The monoisotopic (exact) mass is 228 g/mol. The standard InChI is InChI=1S/C13H28OSi/c1-6-8-9-10-12-13(11-7-2)14-15(3,4)5/h7,13H,2,6,8-12H2,1,3-5H3/t13-/m1/s1. The van der Waals surface area contributed by atoms with Crippen molar-refractivity contribution in [2.75, 3.05) is 0 Å². The maximum Gasteiger partial charge on any atom is 0.184 e. The molecule has 0 unspecified atom stereocenters. The molecule has 0 heterocycles. The van der Waals surface area contributed by atoms with Crippen LogP contribution in [0.4, 0.5) is 0 Å². The summed E-state index contributed by atoms with van der Waals surface area (Å²) in [7, 11) is -1.37. The molecule has 0 bridgehead atoms. The summed E-state index contributed by atoms with van der Waals surface area (Å²) in [6.07, 6.45) is 9.94. The molecule has 0 rings (SSSR count). The summed E-state index contributed by atoms with van der Waals surface area (Å²) in [4.78, 5) is 0. The van der Waals surface area contributed by atoms with Crippen LogP contribution in [0.1, 0.15) is 45.4 Å². The Morgan fingerprint density at radius 2 is 1.87 bits per heavy atom. The molecule has 0 amide bonds. The van der Waals surface area contributed by atoms with E-state index in [0.29, 0.717) is 6.10 Å². The van der Waals surface area contributed by atoms with Crippen molar-refractivity contribution in [2.24, 2.45) is 0 Å². The topological polar surface area (TPSA) is 9.23 Å². The second-order valence-electron chi connectivity index (χ2n) is 5.23. The van der Waals surface area contributed by atoms with Crippen LogP contribution >= 0.6 is 0 Å². The summed E-state index contributed by atoms with van der Waals surface area (Å²) in [5.41, 5.74) is 0. The summed E-state index contributed by atoms with van der Waals surface area (Å²) < 4.78 is 6.13. The van der Waals surface area contributed by atoms with Crippen molar-refractivity contribution in [3.05, 3.63) is 12.7 Å². The van der Waals surface area contributed by atoms with Crippen LogP contribution in [0.2, 0.25) is 19.6 Å². The second kappa shape index (κ2) is 8.11. The lowest BCUT2D eigenvalue weighted by Crippen LogP contribution is -2.31. The first-order valence-corrected chi connectivity index (χ1v) is 9.69. The highest BCUT2D eigenvalue weighted by atomic mass is 28.4. The maximum atomic E-state index is 6.13. The first-order chi connectivity index (χ1) is 6.99. The quantitative estimate of drug-likeness (QED) is 0.314. The fraction of sp³-hybridized carbons (Fsp3) is 0.846. The normalized spacial score (nSPS) is 13.9. The highest BCUT2D eigenvalue weighted by Gasteiger charge is 2.19. The minimum atomic E-state index is -1.37. The number of rotatable bonds is 9. The molecule has 2 heteroatoms. The Kier molecular flexibility index (Phi) is 8.07. The molecular formula is C13H28OSi. The van der Waals surface area contributed by atoms with E-state index in [2.05, 4.69) is 33.1 Å². The summed E-state index contributed by atoms with van der Waals surface area (Å²) >= 11 is 0. The van der Waals surface area contributed by atoms with Crippen LogP contribution in [-0.4, -0.2) is 14.4 Å². The zero-order valence-electron chi connectivity index (χ0n) is 11.0. The summed E-state index contributed by atoms with van der Waals surface area (Å²) in [5.74, 6) is 0. The van der Waals surface area contributed by atoms with Gasteiger partial charge < -0.3 is 4.43 Å². The van der Waals surface area contributed by atoms with Crippen molar-refractivity contribution in [1.82, 2.24) is 0 Å². The van der Waals surface area contributed by atoms with Gasteiger partial charge in [0.1, 0.15) is 0 Å². The Hall–Kier alpha value is -0.0831. The zero-order valence-corrected chi connectivity index (χ0v) is 12.0. The maximum absolute atomic E-state index is 6.13. The van der Waals surface area contributed by atoms with Crippen molar-refractivity contribution >= 4 is 8.32 Å². The summed E-state index contributed by atoms with van der Waals surface area (Å²) in [6, 6.07) is 0. The number of hydrogen-bond donors (Lipinski definition) is 0. The SMILES string of the molecule is C=CC[C@H](CCCCCC)O[Si](C)(C)C. The average Bonchev–Trinajstić information content (AvgIpc) is 2.10. The van der Waals surface area contributed by atoms with Crippen molar-refractivity contribution in [1.29, 1.82) is 0 Å². The van der Waals surface area contributed by atoms with E-state index in [0.717, 1.165) is 6.42 Å². The van der Waals surface area contributed by atoms with Crippen molar-refractivity contribution in [3.8, 4) is 0 Å². The Labute approximate surface area is 97.0 Å². The van der Waals surface area contributed by atoms with Crippen molar-refractivity contribution < 1.29 is 4.43 Å². The van der Waals surface area contributed by atoms with Crippen LogP contribution < -0.4 is 0 Å². The third kappa shape index (κ3) is 10.2. The van der Waals surface area contributed by atoms with Gasteiger partial charge in [0, 0.05) is 6.10 Å². The fourth-order valence-corrected chi connectivity index (χ4v) is 2.92. The Morgan fingerprint density at radius 3 is 2.33 bits per heavy atom. The number of hydrogen-bond acceptors (Lipinski definition) is 1. The van der Waals surface area contributed by atoms with Gasteiger partial charge in [0.05, 0.1) is 0 Å². The van der Waals surface area contributed by atoms with E-state index < -0.39 is 8.32 Å². The van der Waals surface area contributed by atoms with E-state index in [1.165, 1.54) is 32.1 Å². The van der Waals surface area contributed by atoms with Gasteiger partial charge >= 0.3 is 0 Å². The predicted molar refractivity (Wildman–Crippen MR) is 71.8 cm³/mol. The molecule has 1 nitrogen and oxygen atoms in total. The van der Waals surface area contributed by atoms with E-state index >= 15 is 0 Å². The second-order valence-corrected chi connectivity index (χ2v) is 9.69. The first kappa shape index (κ1) is 14.9. The van der Waals surface area contributed by atoms with Crippen LogP contribution in [0.5, 0.6) is 0 Å². The van der Waals surface area contributed by atoms with E-state index in [-0.39, 0.29) is 0 Å². The molecule has 0 aromatic rings. The molecule has 0 aromatic heterocycles. The highest BCUT2D eigenvalue weighted by molar-refractivity contribution is 6.69. The lowest BCUT2D eigenvalue weighted by molar-refractivity contribution is 0.182. The highest BCUT2D eigenvalue weighted by Crippen LogP contribution is 2.16. The molecule has 0 spiro atoms. The third-order valence-corrected chi connectivity index (χ3v) is 3.37. The molecule has 0 saturated carbocycles. The molecule has 0 N–H and O–H groups in total. The van der Waals surface area contributed by atoms with Crippen LogP contribution in [0.25, 0.3) is 0 Å². The molecule has 0 aromatic carbocycles. The summed E-state index contributed by atoms with van der Waals surface area (Å²) in [6.45, 7) is 12.8. The van der Waals surface area contributed by atoms with Gasteiger partial charge in [-0.25, -0.2) is 0 Å². The minimum absolute atomic E-state index is 0.422. The molecule has 0 saturated heterocycles. The van der Waals surface area contributed by atoms with Crippen LogP contribution in [-0.2, 0) is 4.43 Å². The van der Waals surface area contributed by atoms with Crippen LogP contribution in [0.3, 0.4) is 0 Å². The Bertz CT molecular complexity index is 160. The van der Waals surface area contributed by atoms with Crippen molar-refractivity contribution in [2.45, 2.75) is 71.2 Å². The van der Waals surface area contributed by atoms with E-state index in [4.69, 9.17) is 4.43 Å². The molecule has 0 aliphatic heterocycles. The van der Waals surface area contributed by atoms with E-state index in [1.807, 2.05) is 6.08 Å². The van der Waals surface area contributed by atoms with Gasteiger partial charge in [0.25, 0.3) is 0 Å². The lowest BCUT2D eigenvalue weighted by atomic mass is 10.1. The van der Waals surface area contributed by atoms with Crippen molar-refractivity contribution in [3.63, 3.8) is 0 Å². The van der Waals surface area contributed by atoms with Crippen LogP contribution in [0.15, 0.2) is 12.7 Å². The van der Waals surface area contributed by atoms with E-state index in [1.54, 1.807) is 0 Å². The molecule has 90 valence electrons. The van der Waals surface area contributed by atoms with Gasteiger partial charge in [0.15, 0.2) is 8.32 Å². The fourth-order valence-electron chi connectivity index (χ4n) is 1.71. The average molecular weight is 228 g/mol. The molecule has 0 aliphatic carbocycles. The first-order valence-electron chi connectivity index (χ1n) is 6.28. The van der Waals surface area contributed by atoms with Gasteiger partial charge in [-0.2, -0.15) is 0 Å². The molecule has 15 heavy (non-hydrogen) atoms. The Morgan fingerprint density at radius 1 is 1.20 bits per heavy atom. The van der Waals surface area contributed by atoms with Gasteiger partial charge in [0.2, 0.25) is 0 Å². The van der Waals surface area contributed by atoms with Crippen LogP contribution in [0, 0.1) is 0 Å². The third-order valence-electron chi connectivity index (χ3n) is 2.33. The molecular weight excluding hydrogens is 200 g/mol. The van der Waals surface area contributed by atoms with E-state index in [9.17, 15) is 0 Å².